The third-order valence-electron chi connectivity index (χ3n) is 4.56. The van der Waals surface area contributed by atoms with E-state index >= 15 is 0 Å². The number of carbonyl (C=O) groups excluding carboxylic acids is 3. The van der Waals surface area contributed by atoms with Gasteiger partial charge in [0, 0.05) is 30.3 Å². The number of rotatable bonds is 6. The molecule has 1 saturated heterocycles. The molecular weight excluding hydrogens is 447 g/mol. The van der Waals surface area contributed by atoms with Crippen molar-refractivity contribution in [3.8, 4) is 0 Å². The molecule has 6 N–H and O–H groups in total. The maximum Gasteiger partial charge on any atom is 0.471 e. The molecule has 2 rings (SSSR count). The van der Waals surface area contributed by atoms with Crippen LogP contribution >= 0.6 is 0 Å². The lowest BCUT2D eigenvalue weighted by atomic mass is 10.1. The summed E-state index contributed by atoms with van der Waals surface area (Å²) >= 11 is 0. The maximum atomic E-state index is 12.5. The van der Waals surface area contributed by atoms with E-state index < -0.39 is 47.6 Å². The number of nitrogens with zero attached hydrogens (tertiary/aromatic N) is 1. The van der Waals surface area contributed by atoms with Crippen LogP contribution in [0.15, 0.2) is 36.1 Å². The Labute approximate surface area is 187 Å². The second-order valence-corrected chi connectivity index (χ2v) is 7.25. The van der Waals surface area contributed by atoms with E-state index in [1.165, 1.54) is 40.6 Å². The standard InChI is InChI=1S/C20H24F3N5O5/c1-11(24)8-15(29)18(31)28-6-7-33-10-14(28)9-26-17(30)13-4-2-12(3-5-13)16(25)27-19(32)20(21,22)23/h2-5,8,11,14,29H,6-7,9-10,24H2,1H3,(H,26,30)(H2,25,27,32)/b15-8-. The van der Waals surface area contributed by atoms with Crippen LogP contribution in [0.5, 0.6) is 0 Å². The summed E-state index contributed by atoms with van der Waals surface area (Å²) in [6.45, 7) is 2.20. The van der Waals surface area contributed by atoms with Crippen LogP contribution in [-0.4, -0.2) is 78.1 Å². The summed E-state index contributed by atoms with van der Waals surface area (Å²) in [6.07, 6.45) is -3.91. The molecule has 0 spiro atoms. The number of halogens is 3. The predicted molar refractivity (Wildman–Crippen MR) is 110 cm³/mol. The first-order valence-corrected chi connectivity index (χ1v) is 9.80. The monoisotopic (exact) mass is 471 g/mol. The second-order valence-electron chi connectivity index (χ2n) is 7.25. The highest BCUT2D eigenvalue weighted by atomic mass is 19.4. The minimum Gasteiger partial charge on any atom is -0.503 e. The van der Waals surface area contributed by atoms with Gasteiger partial charge >= 0.3 is 12.1 Å². The third kappa shape index (κ3) is 7.29. The number of hydrogen-bond donors (Lipinski definition) is 5. The highest BCUT2D eigenvalue weighted by Crippen LogP contribution is 2.15. The lowest BCUT2D eigenvalue weighted by molar-refractivity contribution is -0.171. The van der Waals surface area contributed by atoms with Gasteiger partial charge in [0.15, 0.2) is 5.76 Å². The Morgan fingerprint density at radius 1 is 1.30 bits per heavy atom. The van der Waals surface area contributed by atoms with Gasteiger partial charge in [-0.05, 0) is 25.1 Å². The van der Waals surface area contributed by atoms with Crippen molar-refractivity contribution in [2.24, 2.45) is 5.73 Å². The first-order valence-electron chi connectivity index (χ1n) is 9.80. The molecule has 10 nitrogen and oxygen atoms in total. The topological polar surface area (TPSA) is 158 Å². The van der Waals surface area contributed by atoms with E-state index in [0.717, 1.165) is 0 Å². The van der Waals surface area contributed by atoms with Crippen LogP contribution in [0.3, 0.4) is 0 Å². The van der Waals surface area contributed by atoms with Gasteiger partial charge in [0.25, 0.3) is 11.8 Å². The number of amides is 3. The van der Waals surface area contributed by atoms with Crippen molar-refractivity contribution in [1.29, 1.82) is 5.41 Å². The normalized spacial score (nSPS) is 17.8. The summed E-state index contributed by atoms with van der Waals surface area (Å²) in [7, 11) is 0. The van der Waals surface area contributed by atoms with E-state index in [-0.39, 0.29) is 37.4 Å². The number of morpholine rings is 1. The van der Waals surface area contributed by atoms with Gasteiger partial charge in [0.2, 0.25) is 0 Å². The summed E-state index contributed by atoms with van der Waals surface area (Å²) in [5, 5.41) is 21.5. The van der Waals surface area contributed by atoms with E-state index in [4.69, 9.17) is 15.9 Å². The molecule has 13 heteroatoms. The minimum atomic E-state index is -5.13. The van der Waals surface area contributed by atoms with E-state index in [2.05, 4.69) is 5.32 Å². The molecule has 0 radical (unpaired) electrons. The molecule has 1 aromatic carbocycles. The number of alkyl halides is 3. The van der Waals surface area contributed by atoms with Gasteiger partial charge in [0.05, 0.1) is 19.3 Å². The Morgan fingerprint density at radius 2 is 1.91 bits per heavy atom. The SMILES string of the molecule is CC(N)/C=C(\O)C(=O)N1CCOCC1CNC(=O)c1ccc(C(=N)NC(=O)C(F)(F)F)cc1. The first-order chi connectivity index (χ1) is 15.4. The average molecular weight is 471 g/mol. The molecule has 180 valence electrons. The van der Waals surface area contributed by atoms with E-state index in [1.54, 1.807) is 6.92 Å². The fourth-order valence-corrected chi connectivity index (χ4v) is 2.92. The van der Waals surface area contributed by atoms with Crippen molar-refractivity contribution in [3.05, 3.63) is 47.2 Å². The number of nitrogens with two attached hydrogens (primary N) is 1. The van der Waals surface area contributed by atoms with Crippen LogP contribution in [0, 0.1) is 5.41 Å². The van der Waals surface area contributed by atoms with Crippen LogP contribution < -0.4 is 16.4 Å². The number of aliphatic hydroxyl groups excluding tert-OH is 1. The quantitative estimate of drug-likeness (QED) is 0.175. The molecule has 1 fully saturated rings. The molecule has 0 bridgehead atoms. The lowest BCUT2D eigenvalue weighted by Crippen LogP contribution is -2.54. The molecule has 1 aliphatic heterocycles. The number of benzene rings is 1. The second kappa shape index (κ2) is 10.9. The van der Waals surface area contributed by atoms with E-state index in [0.29, 0.717) is 0 Å². The highest BCUT2D eigenvalue weighted by Gasteiger charge is 2.39. The van der Waals surface area contributed by atoms with E-state index in [1.807, 2.05) is 0 Å². The van der Waals surface area contributed by atoms with Crippen molar-refractivity contribution in [2.75, 3.05) is 26.3 Å². The number of nitrogens with one attached hydrogen (secondary N) is 3. The van der Waals surface area contributed by atoms with Crippen LogP contribution in [0.1, 0.15) is 22.8 Å². The van der Waals surface area contributed by atoms with Crippen LogP contribution in [0.4, 0.5) is 13.2 Å². The van der Waals surface area contributed by atoms with Crippen LogP contribution in [0.2, 0.25) is 0 Å². The molecule has 0 aliphatic carbocycles. The van der Waals surface area contributed by atoms with Crippen LogP contribution in [0.25, 0.3) is 0 Å². The summed E-state index contributed by atoms with van der Waals surface area (Å²) in [5.41, 5.74) is 5.67. The number of hydrogen-bond acceptors (Lipinski definition) is 7. The van der Waals surface area contributed by atoms with Gasteiger partial charge in [-0.1, -0.05) is 12.1 Å². The Morgan fingerprint density at radius 3 is 2.48 bits per heavy atom. The van der Waals surface area contributed by atoms with Crippen molar-refractivity contribution in [3.63, 3.8) is 0 Å². The molecule has 1 aromatic rings. The largest absolute Gasteiger partial charge is 0.503 e. The molecule has 33 heavy (non-hydrogen) atoms. The summed E-state index contributed by atoms with van der Waals surface area (Å²) < 4.78 is 42.2. The minimum absolute atomic E-state index is 0.00917. The molecule has 2 atom stereocenters. The maximum absolute atomic E-state index is 12.5. The van der Waals surface area contributed by atoms with E-state index in [9.17, 15) is 32.7 Å². The zero-order chi connectivity index (χ0) is 24.8. The Hall–Kier alpha value is -3.45. The van der Waals surface area contributed by atoms with Crippen molar-refractivity contribution in [2.45, 2.75) is 25.2 Å². The lowest BCUT2D eigenvalue weighted by Gasteiger charge is -2.35. The predicted octanol–water partition coefficient (Wildman–Crippen LogP) is 0.437. The third-order valence-corrected chi connectivity index (χ3v) is 4.56. The summed E-state index contributed by atoms with van der Waals surface area (Å²) in [5.74, 6) is -4.72. The van der Waals surface area contributed by atoms with Gasteiger partial charge in [-0.2, -0.15) is 13.2 Å². The summed E-state index contributed by atoms with van der Waals surface area (Å²) in [4.78, 5) is 37.2. The summed E-state index contributed by atoms with van der Waals surface area (Å²) in [6, 6.07) is 3.89. The fraction of sp³-hybridized carbons (Fsp3) is 0.400. The van der Waals surface area contributed by atoms with Gasteiger partial charge in [-0.25, -0.2) is 0 Å². The highest BCUT2D eigenvalue weighted by molar-refractivity contribution is 6.08. The van der Waals surface area contributed by atoms with Crippen molar-refractivity contribution >= 4 is 23.6 Å². The molecular formula is C20H24F3N5O5. The number of amidine groups is 1. The fourth-order valence-electron chi connectivity index (χ4n) is 2.92. The Bertz CT molecular complexity index is 931. The zero-order valence-corrected chi connectivity index (χ0v) is 17.6. The Balaban J connectivity index is 1.98. The first kappa shape index (κ1) is 25.8. The van der Waals surface area contributed by atoms with Gasteiger partial charge in [-0.3, -0.25) is 19.8 Å². The molecule has 0 saturated carbocycles. The van der Waals surface area contributed by atoms with Gasteiger partial charge in [-0.15, -0.1) is 0 Å². The smallest absolute Gasteiger partial charge is 0.471 e. The van der Waals surface area contributed by atoms with Crippen LogP contribution in [-0.2, 0) is 14.3 Å². The number of carbonyl (C=O) groups is 3. The van der Waals surface area contributed by atoms with Gasteiger partial charge < -0.3 is 31.1 Å². The number of ether oxygens (including phenoxy) is 1. The molecule has 3 amide bonds. The molecule has 1 aliphatic rings. The van der Waals surface area contributed by atoms with Gasteiger partial charge in [0.1, 0.15) is 5.84 Å². The molecule has 1 heterocycles. The average Bonchev–Trinajstić information content (AvgIpc) is 2.76. The molecule has 0 aromatic heterocycles. The van der Waals surface area contributed by atoms with Crippen molar-refractivity contribution < 1.29 is 37.4 Å². The molecule has 2 unspecified atom stereocenters. The zero-order valence-electron chi connectivity index (χ0n) is 17.6. The Kier molecular flexibility index (Phi) is 8.54. The van der Waals surface area contributed by atoms with Crippen molar-refractivity contribution in [1.82, 2.24) is 15.5 Å². The number of aliphatic hydroxyl groups is 1.